The molecule has 3 unspecified atom stereocenters. The van der Waals surface area contributed by atoms with Crippen LogP contribution in [0.5, 0.6) is 0 Å². The first-order chi connectivity index (χ1) is 6.77. The van der Waals surface area contributed by atoms with E-state index in [2.05, 4.69) is 6.92 Å². The van der Waals surface area contributed by atoms with Crippen LogP contribution in [0, 0.1) is 11.8 Å². The summed E-state index contributed by atoms with van der Waals surface area (Å²) in [5.41, 5.74) is 0.934. The second-order valence-electron chi connectivity index (χ2n) is 4.53. The maximum absolute atomic E-state index is 10.1. The lowest BCUT2D eigenvalue weighted by Crippen LogP contribution is -2.19. The minimum atomic E-state index is -0.323. The summed E-state index contributed by atoms with van der Waals surface area (Å²) in [5, 5.41) is 10.1. The molecular weight excluding hydrogens is 176 g/mol. The first-order valence-electron chi connectivity index (χ1n) is 5.47. The lowest BCUT2D eigenvalue weighted by Gasteiger charge is -2.29. The van der Waals surface area contributed by atoms with Crippen LogP contribution in [0.25, 0.3) is 0 Å². The lowest BCUT2D eigenvalue weighted by molar-refractivity contribution is 0.0709. The topological polar surface area (TPSA) is 33.4 Å². The van der Waals surface area contributed by atoms with Crippen LogP contribution >= 0.6 is 0 Å². The van der Waals surface area contributed by atoms with Gasteiger partial charge < -0.3 is 9.52 Å². The average molecular weight is 194 g/mol. The third kappa shape index (κ3) is 2.01. The predicted octanol–water partition coefficient (Wildman–Crippen LogP) is 3.14. The van der Waals surface area contributed by atoms with E-state index in [9.17, 15) is 5.11 Å². The molecule has 1 aliphatic carbocycles. The van der Waals surface area contributed by atoms with Crippen LogP contribution < -0.4 is 0 Å². The van der Waals surface area contributed by atoms with Crippen molar-refractivity contribution in [2.75, 3.05) is 0 Å². The van der Waals surface area contributed by atoms with Gasteiger partial charge in [0.25, 0.3) is 0 Å². The van der Waals surface area contributed by atoms with Gasteiger partial charge >= 0.3 is 0 Å². The zero-order chi connectivity index (χ0) is 9.97. The van der Waals surface area contributed by atoms with E-state index in [0.29, 0.717) is 5.92 Å². The van der Waals surface area contributed by atoms with Crippen molar-refractivity contribution >= 4 is 0 Å². The van der Waals surface area contributed by atoms with E-state index in [1.807, 2.05) is 6.07 Å². The maximum Gasteiger partial charge on any atom is 0.0960 e. The van der Waals surface area contributed by atoms with Gasteiger partial charge in [0, 0.05) is 5.56 Å². The zero-order valence-corrected chi connectivity index (χ0v) is 8.65. The average Bonchev–Trinajstić information content (AvgIpc) is 2.69. The van der Waals surface area contributed by atoms with Crippen molar-refractivity contribution in [2.24, 2.45) is 11.8 Å². The fraction of sp³-hybridized carbons (Fsp3) is 0.667. The smallest absolute Gasteiger partial charge is 0.0960 e. The van der Waals surface area contributed by atoms with Crippen LogP contribution in [0.15, 0.2) is 23.0 Å². The Labute approximate surface area is 84.9 Å². The van der Waals surface area contributed by atoms with Gasteiger partial charge in [0.05, 0.1) is 18.6 Å². The molecule has 1 saturated carbocycles. The second-order valence-corrected chi connectivity index (χ2v) is 4.53. The Morgan fingerprint density at radius 2 is 2.36 bits per heavy atom. The Hall–Kier alpha value is -0.760. The summed E-state index contributed by atoms with van der Waals surface area (Å²) in [6.45, 7) is 2.27. The summed E-state index contributed by atoms with van der Waals surface area (Å²) < 4.78 is 4.99. The quantitative estimate of drug-likeness (QED) is 0.784. The number of rotatable bonds is 2. The Morgan fingerprint density at radius 1 is 1.50 bits per heavy atom. The molecule has 0 spiro atoms. The summed E-state index contributed by atoms with van der Waals surface area (Å²) in [6.07, 6.45) is 7.82. The molecule has 14 heavy (non-hydrogen) atoms. The molecule has 78 valence electrons. The van der Waals surface area contributed by atoms with Gasteiger partial charge in [-0.2, -0.15) is 0 Å². The summed E-state index contributed by atoms with van der Waals surface area (Å²) in [5.74, 6) is 1.19. The molecule has 0 bridgehead atoms. The molecule has 1 aromatic heterocycles. The Bertz CT molecular complexity index is 266. The molecule has 1 heterocycles. The number of aliphatic hydroxyl groups is 1. The van der Waals surface area contributed by atoms with E-state index in [1.165, 1.54) is 12.8 Å². The molecule has 2 heteroatoms. The molecule has 1 aromatic rings. The van der Waals surface area contributed by atoms with Crippen LogP contribution in [-0.4, -0.2) is 5.11 Å². The molecule has 1 N–H and O–H groups in total. The first kappa shape index (κ1) is 9.78. The summed E-state index contributed by atoms with van der Waals surface area (Å²) in [4.78, 5) is 0. The van der Waals surface area contributed by atoms with Gasteiger partial charge in [0.2, 0.25) is 0 Å². The summed E-state index contributed by atoms with van der Waals surface area (Å²) >= 11 is 0. The Balaban J connectivity index is 2.00. The molecule has 0 radical (unpaired) electrons. The highest BCUT2D eigenvalue weighted by molar-refractivity contribution is 5.10. The van der Waals surface area contributed by atoms with Crippen LogP contribution in [-0.2, 0) is 0 Å². The highest BCUT2D eigenvalue weighted by Crippen LogP contribution is 2.36. The summed E-state index contributed by atoms with van der Waals surface area (Å²) in [7, 11) is 0. The number of aliphatic hydroxyl groups excluding tert-OH is 1. The molecule has 2 rings (SSSR count). The largest absolute Gasteiger partial charge is 0.472 e. The maximum atomic E-state index is 10.1. The Morgan fingerprint density at radius 3 is 3.00 bits per heavy atom. The molecule has 0 aromatic carbocycles. The van der Waals surface area contributed by atoms with Gasteiger partial charge in [-0.15, -0.1) is 0 Å². The van der Waals surface area contributed by atoms with Crippen LogP contribution in [0.4, 0.5) is 0 Å². The molecule has 1 aliphatic rings. The molecule has 0 aliphatic heterocycles. The van der Waals surface area contributed by atoms with Crippen molar-refractivity contribution in [3.05, 3.63) is 24.2 Å². The van der Waals surface area contributed by atoms with Gasteiger partial charge in [0.15, 0.2) is 0 Å². The summed E-state index contributed by atoms with van der Waals surface area (Å²) in [6, 6.07) is 1.87. The third-order valence-corrected chi connectivity index (χ3v) is 3.31. The van der Waals surface area contributed by atoms with E-state index in [0.717, 1.165) is 24.3 Å². The predicted molar refractivity (Wildman–Crippen MR) is 54.8 cm³/mol. The van der Waals surface area contributed by atoms with Crippen LogP contribution in [0.2, 0.25) is 0 Å². The first-order valence-corrected chi connectivity index (χ1v) is 5.47. The van der Waals surface area contributed by atoms with E-state index < -0.39 is 0 Å². The van der Waals surface area contributed by atoms with Crippen LogP contribution in [0.1, 0.15) is 44.3 Å². The van der Waals surface area contributed by atoms with Gasteiger partial charge in [-0.05, 0) is 30.7 Å². The van der Waals surface area contributed by atoms with Gasteiger partial charge in [-0.1, -0.05) is 19.8 Å². The number of hydrogen-bond donors (Lipinski definition) is 1. The fourth-order valence-electron chi connectivity index (χ4n) is 2.48. The van der Waals surface area contributed by atoms with Gasteiger partial charge in [-0.25, -0.2) is 0 Å². The SMILES string of the molecule is CC1CCCC(C(O)c2ccoc2)C1. The molecule has 3 atom stereocenters. The number of hydrogen-bond acceptors (Lipinski definition) is 2. The normalized spacial score (nSPS) is 30.1. The van der Waals surface area contributed by atoms with Gasteiger partial charge in [0.1, 0.15) is 0 Å². The molecule has 2 nitrogen and oxygen atoms in total. The monoisotopic (exact) mass is 194 g/mol. The standard InChI is InChI=1S/C12H18O2/c1-9-3-2-4-10(7-9)12(13)11-5-6-14-8-11/h5-6,8-10,12-13H,2-4,7H2,1H3. The van der Waals surface area contributed by atoms with Gasteiger partial charge in [-0.3, -0.25) is 0 Å². The van der Waals surface area contributed by atoms with Crippen molar-refractivity contribution in [1.29, 1.82) is 0 Å². The van der Waals surface area contributed by atoms with E-state index in [1.54, 1.807) is 12.5 Å². The molecule has 0 saturated heterocycles. The molecule has 0 amide bonds. The van der Waals surface area contributed by atoms with E-state index >= 15 is 0 Å². The number of furan rings is 1. The third-order valence-electron chi connectivity index (χ3n) is 3.31. The molecule has 1 fully saturated rings. The minimum absolute atomic E-state index is 0.323. The van der Waals surface area contributed by atoms with Crippen molar-refractivity contribution in [3.8, 4) is 0 Å². The zero-order valence-electron chi connectivity index (χ0n) is 8.65. The highest BCUT2D eigenvalue weighted by Gasteiger charge is 2.26. The van der Waals surface area contributed by atoms with E-state index in [-0.39, 0.29) is 6.10 Å². The van der Waals surface area contributed by atoms with Crippen molar-refractivity contribution in [1.82, 2.24) is 0 Å². The van der Waals surface area contributed by atoms with Crippen LogP contribution in [0.3, 0.4) is 0 Å². The lowest BCUT2D eigenvalue weighted by atomic mass is 9.78. The minimum Gasteiger partial charge on any atom is -0.472 e. The highest BCUT2D eigenvalue weighted by atomic mass is 16.3. The van der Waals surface area contributed by atoms with Crippen molar-refractivity contribution in [2.45, 2.75) is 38.7 Å². The molecular formula is C12H18O2. The van der Waals surface area contributed by atoms with Crippen molar-refractivity contribution in [3.63, 3.8) is 0 Å². The fourth-order valence-corrected chi connectivity index (χ4v) is 2.48. The van der Waals surface area contributed by atoms with Crippen molar-refractivity contribution < 1.29 is 9.52 Å². The second kappa shape index (κ2) is 4.18. The Kier molecular flexibility index (Phi) is 2.92. The van der Waals surface area contributed by atoms with E-state index in [4.69, 9.17) is 4.42 Å².